The number of nitrogens with zero attached hydrogens (tertiary/aromatic N) is 2. The first-order valence-corrected chi connectivity index (χ1v) is 11.7. The Morgan fingerprint density at radius 1 is 1.09 bits per heavy atom. The molecule has 0 spiro atoms. The number of hydrogen-bond acceptors (Lipinski definition) is 2. The molecule has 4 nitrogen and oxygen atoms in total. The summed E-state index contributed by atoms with van der Waals surface area (Å²) in [7, 11) is 0. The second-order valence-corrected chi connectivity index (χ2v) is 10.4. The molecule has 0 atom stereocenters. The molecule has 0 amide bonds. The molecule has 0 fully saturated rings. The highest BCUT2D eigenvalue weighted by Gasteiger charge is 2.29. The molecule has 1 aliphatic heterocycles. The summed E-state index contributed by atoms with van der Waals surface area (Å²) in [6.45, 7) is 8.53. The fourth-order valence-corrected chi connectivity index (χ4v) is 5.50. The molecule has 3 aromatic rings. The molecule has 1 N–H and O–H groups in total. The topological polar surface area (TPSA) is 45.5 Å². The Balaban J connectivity index is 1.43. The van der Waals surface area contributed by atoms with Gasteiger partial charge in [0, 0.05) is 47.8 Å². The van der Waals surface area contributed by atoms with Crippen LogP contribution in [-0.2, 0) is 13.1 Å². The number of carboxylic acids is 1. The molecule has 5 heteroatoms. The van der Waals surface area contributed by atoms with Gasteiger partial charge in [-0.3, -0.25) is 4.90 Å². The number of allylic oxidation sites excluding steroid dienone is 1. The van der Waals surface area contributed by atoms with Gasteiger partial charge in [-0.2, -0.15) is 0 Å². The Hall–Kier alpha value is -2.56. The van der Waals surface area contributed by atoms with Crippen molar-refractivity contribution in [3.05, 3.63) is 75.9 Å². The largest absolute Gasteiger partial charge is 0.478 e. The van der Waals surface area contributed by atoms with Crippen molar-refractivity contribution in [1.82, 2.24) is 9.47 Å². The van der Waals surface area contributed by atoms with Crippen LogP contribution >= 0.6 is 11.6 Å². The first kappa shape index (κ1) is 21.3. The number of aromatic nitrogens is 1. The van der Waals surface area contributed by atoms with E-state index < -0.39 is 5.97 Å². The number of fused-ring (bicyclic) bond motifs is 3. The third-order valence-electron chi connectivity index (χ3n) is 7.04. The van der Waals surface area contributed by atoms with Crippen molar-refractivity contribution >= 4 is 34.0 Å². The van der Waals surface area contributed by atoms with Crippen LogP contribution in [0.5, 0.6) is 0 Å². The molecule has 0 bridgehead atoms. The first-order chi connectivity index (χ1) is 15.3. The van der Waals surface area contributed by atoms with Gasteiger partial charge in [-0.1, -0.05) is 43.2 Å². The molecule has 32 heavy (non-hydrogen) atoms. The quantitative estimate of drug-likeness (QED) is 0.497. The first-order valence-electron chi connectivity index (χ1n) is 11.3. The normalized spacial score (nSPS) is 18.7. The molecule has 2 heterocycles. The molecule has 0 unspecified atom stereocenters. The summed E-state index contributed by atoms with van der Waals surface area (Å²) >= 11 is 6.14. The summed E-state index contributed by atoms with van der Waals surface area (Å²) in [5.74, 6) is -0.876. The molecule has 166 valence electrons. The summed E-state index contributed by atoms with van der Waals surface area (Å²) in [6, 6.07) is 15.9. The zero-order valence-electron chi connectivity index (χ0n) is 18.7. The number of rotatable bonds is 4. The Bertz CT molecular complexity index is 1220. The zero-order valence-corrected chi connectivity index (χ0v) is 19.5. The number of halogens is 1. The molecular weight excluding hydrogens is 420 g/mol. The predicted octanol–water partition coefficient (Wildman–Crippen LogP) is 6.47. The van der Waals surface area contributed by atoms with Gasteiger partial charge in [-0.15, -0.1) is 0 Å². The minimum atomic E-state index is -0.876. The van der Waals surface area contributed by atoms with Gasteiger partial charge in [-0.25, -0.2) is 4.79 Å². The van der Waals surface area contributed by atoms with E-state index in [4.69, 9.17) is 11.6 Å². The Morgan fingerprint density at radius 3 is 2.62 bits per heavy atom. The van der Waals surface area contributed by atoms with Crippen LogP contribution in [0.2, 0.25) is 5.02 Å². The van der Waals surface area contributed by atoms with Gasteiger partial charge >= 0.3 is 5.97 Å². The highest BCUT2D eigenvalue weighted by atomic mass is 35.5. The standard InChI is InChI=1S/C27H29ClN2O2/c1-27(2)10-9-24(18-3-6-22(28)7-4-18)21(15-27)16-29-11-12-30-23(17-29)14-20-13-19(26(31)32)5-8-25(20)30/h3-8,13-14H,9-12,15-17H2,1-2H3,(H,31,32). The van der Waals surface area contributed by atoms with Crippen molar-refractivity contribution in [3.8, 4) is 0 Å². The van der Waals surface area contributed by atoms with E-state index in [1.165, 1.54) is 23.3 Å². The van der Waals surface area contributed by atoms with Crippen LogP contribution < -0.4 is 0 Å². The van der Waals surface area contributed by atoms with Crippen LogP contribution in [0.3, 0.4) is 0 Å². The fraction of sp³-hybridized carbons (Fsp3) is 0.370. The second-order valence-electron chi connectivity index (χ2n) is 10.0. The Labute approximate surface area is 194 Å². The number of carbonyl (C=O) groups is 1. The van der Waals surface area contributed by atoms with Gasteiger partial charge in [0.2, 0.25) is 0 Å². The monoisotopic (exact) mass is 448 g/mol. The minimum absolute atomic E-state index is 0.323. The Morgan fingerprint density at radius 2 is 1.88 bits per heavy atom. The minimum Gasteiger partial charge on any atom is -0.478 e. The van der Waals surface area contributed by atoms with E-state index in [0.717, 1.165) is 54.9 Å². The Kier molecular flexibility index (Phi) is 5.39. The summed E-state index contributed by atoms with van der Waals surface area (Å²) in [5, 5.41) is 11.1. The van der Waals surface area contributed by atoms with Crippen LogP contribution in [0.15, 0.2) is 54.1 Å². The average Bonchev–Trinajstić information content (AvgIpc) is 3.11. The van der Waals surface area contributed by atoms with Crippen molar-refractivity contribution in [2.45, 2.75) is 46.2 Å². The van der Waals surface area contributed by atoms with Gasteiger partial charge in [0.25, 0.3) is 0 Å². The third-order valence-corrected chi connectivity index (χ3v) is 7.29. The van der Waals surface area contributed by atoms with Gasteiger partial charge in [0.15, 0.2) is 0 Å². The zero-order chi connectivity index (χ0) is 22.5. The molecule has 2 aliphatic rings. The third kappa shape index (κ3) is 4.10. The van der Waals surface area contributed by atoms with E-state index in [1.54, 1.807) is 17.7 Å². The summed E-state index contributed by atoms with van der Waals surface area (Å²) in [6.07, 6.45) is 3.43. The van der Waals surface area contributed by atoms with Gasteiger partial charge < -0.3 is 9.67 Å². The summed E-state index contributed by atoms with van der Waals surface area (Å²) in [4.78, 5) is 13.9. The molecule has 1 aromatic heterocycles. The number of benzene rings is 2. The van der Waals surface area contributed by atoms with Crippen LogP contribution in [0.4, 0.5) is 0 Å². The maximum absolute atomic E-state index is 11.4. The lowest BCUT2D eigenvalue weighted by Gasteiger charge is -2.37. The van der Waals surface area contributed by atoms with Gasteiger partial charge in [0.05, 0.1) is 5.56 Å². The van der Waals surface area contributed by atoms with Crippen molar-refractivity contribution < 1.29 is 9.90 Å². The molecule has 2 aromatic carbocycles. The highest BCUT2D eigenvalue weighted by Crippen LogP contribution is 2.43. The van der Waals surface area contributed by atoms with Crippen molar-refractivity contribution in [2.24, 2.45) is 5.41 Å². The SMILES string of the molecule is CC1(C)CCC(c2ccc(Cl)cc2)=C(CN2CCn3c(cc4cc(C(=O)O)ccc43)C2)C1. The van der Waals surface area contributed by atoms with Crippen LogP contribution in [-0.4, -0.2) is 33.6 Å². The van der Waals surface area contributed by atoms with E-state index in [1.807, 2.05) is 18.2 Å². The van der Waals surface area contributed by atoms with Crippen LogP contribution in [0, 0.1) is 5.41 Å². The van der Waals surface area contributed by atoms with Crippen LogP contribution in [0.25, 0.3) is 16.5 Å². The number of aromatic carboxylic acids is 1. The van der Waals surface area contributed by atoms with E-state index in [-0.39, 0.29) is 0 Å². The van der Waals surface area contributed by atoms with Crippen LogP contribution in [0.1, 0.15) is 54.7 Å². The lowest BCUT2D eigenvalue weighted by molar-refractivity contribution is 0.0697. The predicted molar refractivity (Wildman–Crippen MR) is 130 cm³/mol. The maximum atomic E-state index is 11.4. The van der Waals surface area contributed by atoms with Crippen molar-refractivity contribution in [2.75, 3.05) is 13.1 Å². The van der Waals surface area contributed by atoms with E-state index in [0.29, 0.717) is 11.0 Å². The average molecular weight is 449 g/mol. The maximum Gasteiger partial charge on any atom is 0.335 e. The van der Waals surface area contributed by atoms with E-state index >= 15 is 0 Å². The smallest absolute Gasteiger partial charge is 0.335 e. The van der Waals surface area contributed by atoms with E-state index in [9.17, 15) is 9.90 Å². The summed E-state index contributed by atoms with van der Waals surface area (Å²) < 4.78 is 2.34. The lowest BCUT2D eigenvalue weighted by atomic mass is 9.73. The molecule has 0 saturated carbocycles. The summed E-state index contributed by atoms with van der Waals surface area (Å²) in [5.41, 5.74) is 7.39. The molecule has 1 aliphatic carbocycles. The highest BCUT2D eigenvalue weighted by molar-refractivity contribution is 6.30. The lowest BCUT2D eigenvalue weighted by Crippen LogP contribution is -2.36. The van der Waals surface area contributed by atoms with Gasteiger partial charge in [0.1, 0.15) is 0 Å². The molecule has 5 rings (SSSR count). The molecule has 0 saturated heterocycles. The van der Waals surface area contributed by atoms with E-state index in [2.05, 4.69) is 41.5 Å². The van der Waals surface area contributed by atoms with Crippen molar-refractivity contribution in [1.29, 1.82) is 0 Å². The van der Waals surface area contributed by atoms with Crippen molar-refractivity contribution in [3.63, 3.8) is 0 Å². The number of carboxylic acid groups (broad SMARTS) is 1. The molecular formula is C27H29ClN2O2. The number of hydrogen-bond donors (Lipinski definition) is 1. The second kappa shape index (κ2) is 8.09. The fourth-order valence-electron chi connectivity index (χ4n) is 5.37. The van der Waals surface area contributed by atoms with Gasteiger partial charge in [-0.05, 0) is 72.2 Å². The molecule has 0 radical (unpaired) electrons.